The van der Waals surface area contributed by atoms with E-state index in [0.717, 1.165) is 31.7 Å². The van der Waals surface area contributed by atoms with Crippen molar-refractivity contribution in [2.45, 2.75) is 32.7 Å². The number of hydrogen-bond acceptors (Lipinski definition) is 3. The molecule has 0 radical (unpaired) electrons. The minimum atomic E-state index is -0.804. The van der Waals surface area contributed by atoms with Gasteiger partial charge in [-0.2, -0.15) is 0 Å². The molecule has 0 bridgehead atoms. The SMILES string of the molecule is CCCNC(CS(C)=O)c1ccc(OCCC)cc1. The molecule has 0 aliphatic carbocycles. The van der Waals surface area contributed by atoms with E-state index in [4.69, 9.17) is 4.74 Å². The van der Waals surface area contributed by atoms with Crippen molar-refractivity contribution in [2.75, 3.05) is 25.2 Å². The second kappa shape index (κ2) is 9.10. The Morgan fingerprint density at radius 1 is 1.21 bits per heavy atom. The van der Waals surface area contributed by atoms with Gasteiger partial charge in [-0.1, -0.05) is 26.0 Å². The Morgan fingerprint density at radius 2 is 1.89 bits per heavy atom. The third-order valence-corrected chi connectivity index (χ3v) is 3.60. The summed E-state index contributed by atoms with van der Waals surface area (Å²) in [5.41, 5.74) is 1.17. The van der Waals surface area contributed by atoms with Crippen LogP contribution in [-0.4, -0.2) is 29.4 Å². The van der Waals surface area contributed by atoms with Crippen LogP contribution < -0.4 is 10.1 Å². The van der Waals surface area contributed by atoms with Crippen LogP contribution in [0.3, 0.4) is 0 Å². The van der Waals surface area contributed by atoms with Gasteiger partial charge >= 0.3 is 0 Å². The first-order valence-corrected chi connectivity index (χ1v) is 8.66. The molecular weight excluding hydrogens is 258 g/mol. The van der Waals surface area contributed by atoms with Crippen molar-refractivity contribution in [2.24, 2.45) is 0 Å². The van der Waals surface area contributed by atoms with E-state index in [1.54, 1.807) is 6.26 Å². The lowest BCUT2D eigenvalue weighted by Gasteiger charge is -2.18. The molecule has 1 aromatic rings. The van der Waals surface area contributed by atoms with E-state index in [-0.39, 0.29) is 6.04 Å². The zero-order valence-electron chi connectivity index (χ0n) is 12.1. The maximum absolute atomic E-state index is 11.4. The van der Waals surface area contributed by atoms with E-state index < -0.39 is 10.8 Å². The van der Waals surface area contributed by atoms with Gasteiger partial charge in [-0.15, -0.1) is 0 Å². The second-order valence-electron chi connectivity index (χ2n) is 4.66. The Hall–Kier alpha value is -0.870. The molecule has 0 aliphatic rings. The predicted octanol–water partition coefficient (Wildman–Crippen LogP) is 2.89. The summed E-state index contributed by atoms with van der Waals surface area (Å²) in [6, 6.07) is 8.26. The van der Waals surface area contributed by atoms with Gasteiger partial charge in [-0.25, -0.2) is 0 Å². The Balaban J connectivity index is 2.69. The highest BCUT2D eigenvalue weighted by molar-refractivity contribution is 7.84. The van der Waals surface area contributed by atoms with E-state index in [1.165, 1.54) is 5.56 Å². The second-order valence-corrected chi connectivity index (χ2v) is 6.14. The van der Waals surface area contributed by atoms with E-state index in [0.29, 0.717) is 5.75 Å². The molecule has 2 atom stereocenters. The molecule has 1 N–H and O–H groups in total. The number of nitrogens with one attached hydrogen (secondary N) is 1. The van der Waals surface area contributed by atoms with E-state index >= 15 is 0 Å². The highest BCUT2D eigenvalue weighted by Gasteiger charge is 2.12. The minimum absolute atomic E-state index is 0.158. The van der Waals surface area contributed by atoms with Gasteiger partial charge in [0.05, 0.1) is 6.61 Å². The first-order valence-electron chi connectivity index (χ1n) is 6.93. The molecule has 2 unspecified atom stereocenters. The Kier molecular flexibility index (Phi) is 7.75. The third-order valence-electron chi connectivity index (χ3n) is 2.80. The van der Waals surface area contributed by atoms with Crippen molar-refractivity contribution in [1.29, 1.82) is 0 Å². The molecule has 1 aromatic carbocycles. The topological polar surface area (TPSA) is 38.3 Å². The fraction of sp³-hybridized carbons (Fsp3) is 0.600. The average molecular weight is 283 g/mol. The average Bonchev–Trinajstić information content (AvgIpc) is 2.41. The van der Waals surface area contributed by atoms with E-state index in [9.17, 15) is 4.21 Å². The molecule has 0 fully saturated rings. The van der Waals surface area contributed by atoms with Gasteiger partial charge in [0.1, 0.15) is 5.75 Å². The van der Waals surface area contributed by atoms with Gasteiger partial charge in [-0.05, 0) is 37.1 Å². The predicted molar refractivity (Wildman–Crippen MR) is 82.2 cm³/mol. The van der Waals surface area contributed by atoms with Crippen LogP contribution in [0.25, 0.3) is 0 Å². The Labute approximate surface area is 119 Å². The normalized spacial score (nSPS) is 14.1. The fourth-order valence-electron chi connectivity index (χ4n) is 1.84. The van der Waals surface area contributed by atoms with Crippen LogP contribution in [0, 0.1) is 0 Å². The summed E-state index contributed by atoms with van der Waals surface area (Å²) in [4.78, 5) is 0. The first kappa shape index (κ1) is 16.2. The van der Waals surface area contributed by atoms with Crippen LogP contribution in [-0.2, 0) is 10.8 Å². The van der Waals surface area contributed by atoms with Crippen LogP contribution in [0.15, 0.2) is 24.3 Å². The quantitative estimate of drug-likeness (QED) is 0.757. The number of rotatable bonds is 9. The zero-order chi connectivity index (χ0) is 14.1. The lowest BCUT2D eigenvalue weighted by atomic mass is 10.1. The van der Waals surface area contributed by atoms with Gasteiger partial charge in [0, 0.05) is 28.9 Å². The van der Waals surface area contributed by atoms with Crippen molar-refractivity contribution >= 4 is 10.8 Å². The molecule has 3 nitrogen and oxygen atoms in total. The van der Waals surface area contributed by atoms with E-state index in [2.05, 4.69) is 31.3 Å². The molecule has 108 valence electrons. The third kappa shape index (κ3) is 6.21. The standard InChI is InChI=1S/C15H25NO2S/c1-4-10-16-15(12-19(3)17)13-6-8-14(9-7-13)18-11-5-2/h6-9,15-16H,4-5,10-12H2,1-3H3. The van der Waals surface area contributed by atoms with Gasteiger partial charge in [-0.3, -0.25) is 4.21 Å². The van der Waals surface area contributed by atoms with Crippen LogP contribution in [0.4, 0.5) is 0 Å². The molecule has 0 spiro atoms. The molecule has 0 aromatic heterocycles. The smallest absolute Gasteiger partial charge is 0.119 e. The van der Waals surface area contributed by atoms with Crippen LogP contribution >= 0.6 is 0 Å². The lowest BCUT2D eigenvalue weighted by molar-refractivity contribution is 0.317. The summed E-state index contributed by atoms with van der Waals surface area (Å²) in [5.74, 6) is 1.55. The summed E-state index contributed by atoms with van der Waals surface area (Å²) in [5, 5.41) is 3.45. The summed E-state index contributed by atoms with van der Waals surface area (Å²) >= 11 is 0. The molecule has 0 heterocycles. The van der Waals surface area contributed by atoms with Crippen molar-refractivity contribution in [3.8, 4) is 5.75 Å². The zero-order valence-corrected chi connectivity index (χ0v) is 13.0. The van der Waals surface area contributed by atoms with Crippen LogP contribution in [0.5, 0.6) is 5.75 Å². The highest BCUT2D eigenvalue weighted by atomic mass is 32.2. The first-order chi connectivity index (χ1) is 9.17. The summed E-state index contributed by atoms with van der Waals surface area (Å²) in [7, 11) is -0.804. The van der Waals surface area contributed by atoms with Gasteiger partial charge in [0.25, 0.3) is 0 Å². The van der Waals surface area contributed by atoms with Crippen LogP contribution in [0.2, 0.25) is 0 Å². The largest absolute Gasteiger partial charge is 0.494 e. The maximum Gasteiger partial charge on any atom is 0.119 e. The molecule has 19 heavy (non-hydrogen) atoms. The molecular formula is C15H25NO2S. The minimum Gasteiger partial charge on any atom is -0.494 e. The molecule has 1 rings (SSSR count). The molecule has 0 saturated heterocycles. The molecule has 0 aliphatic heterocycles. The van der Waals surface area contributed by atoms with Crippen molar-refractivity contribution in [1.82, 2.24) is 5.32 Å². The Bertz CT molecular complexity index is 378. The van der Waals surface area contributed by atoms with E-state index in [1.807, 2.05) is 12.1 Å². The fourth-order valence-corrected chi connectivity index (χ4v) is 2.62. The molecule has 0 amide bonds. The summed E-state index contributed by atoms with van der Waals surface area (Å²) < 4.78 is 17.0. The highest BCUT2D eigenvalue weighted by Crippen LogP contribution is 2.19. The summed E-state index contributed by atoms with van der Waals surface area (Å²) in [6.07, 6.45) is 3.83. The van der Waals surface area contributed by atoms with Gasteiger partial charge in [0.2, 0.25) is 0 Å². The Morgan fingerprint density at radius 3 is 2.42 bits per heavy atom. The monoisotopic (exact) mass is 283 g/mol. The van der Waals surface area contributed by atoms with Crippen molar-refractivity contribution < 1.29 is 8.95 Å². The number of ether oxygens (including phenoxy) is 1. The number of benzene rings is 1. The summed E-state index contributed by atoms with van der Waals surface area (Å²) in [6.45, 7) is 5.91. The van der Waals surface area contributed by atoms with Gasteiger partial charge in [0.15, 0.2) is 0 Å². The molecule has 0 saturated carbocycles. The van der Waals surface area contributed by atoms with Gasteiger partial charge < -0.3 is 10.1 Å². The van der Waals surface area contributed by atoms with Crippen LogP contribution in [0.1, 0.15) is 38.3 Å². The maximum atomic E-state index is 11.4. The van der Waals surface area contributed by atoms with Crippen molar-refractivity contribution in [3.63, 3.8) is 0 Å². The number of hydrogen-bond donors (Lipinski definition) is 1. The lowest BCUT2D eigenvalue weighted by Crippen LogP contribution is -2.26. The molecule has 4 heteroatoms. The van der Waals surface area contributed by atoms with Crippen molar-refractivity contribution in [3.05, 3.63) is 29.8 Å².